The van der Waals surface area contributed by atoms with Crippen LogP contribution in [-0.2, 0) is 11.2 Å². The van der Waals surface area contributed by atoms with Gasteiger partial charge in [-0.1, -0.05) is 0 Å². The first kappa shape index (κ1) is 14.6. The van der Waals surface area contributed by atoms with E-state index in [1.165, 1.54) is 26.0 Å². The summed E-state index contributed by atoms with van der Waals surface area (Å²) in [5, 5.41) is 9.13. The maximum atomic E-state index is 13.1. The van der Waals surface area contributed by atoms with Gasteiger partial charge in [0.1, 0.15) is 13.2 Å². The van der Waals surface area contributed by atoms with E-state index in [0.29, 0.717) is 19.0 Å². The van der Waals surface area contributed by atoms with Crippen LogP contribution < -0.4 is 9.47 Å². The number of alkyl halides is 2. The summed E-state index contributed by atoms with van der Waals surface area (Å²) in [5.74, 6) is -0.368. The molecule has 0 unspecified atom stereocenters. The van der Waals surface area contributed by atoms with Gasteiger partial charge in [-0.15, -0.1) is 0 Å². The standard InChI is InChI=1S/C14H16F2O4/c1-14(2,13(17)18)7-8-5-10-11(20-4-3-19-10)6-9(8)12(15)16/h5-6,12H,3-4,7H2,1-2H3,(H,17,18). The molecule has 1 aliphatic heterocycles. The average molecular weight is 286 g/mol. The maximum Gasteiger partial charge on any atom is 0.309 e. The molecule has 0 atom stereocenters. The number of aliphatic carboxylic acids is 1. The fourth-order valence-electron chi connectivity index (χ4n) is 2.05. The van der Waals surface area contributed by atoms with Gasteiger partial charge in [0.05, 0.1) is 5.41 Å². The van der Waals surface area contributed by atoms with E-state index in [9.17, 15) is 13.6 Å². The molecule has 0 amide bonds. The molecule has 0 radical (unpaired) electrons. The van der Waals surface area contributed by atoms with Gasteiger partial charge in [0.2, 0.25) is 0 Å². The van der Waals surface area contributed by atoms with Crippen LogP contribution in [0.2, 0.25) is 0 Å². The summed E-state index contributed by atoms with van der Waals surface area (Å²) in [5.41, 5.74) is -1.06. The van der Waals surface area contributed by atoms with E-state index in [1.807, 2.05) is 0 Å². The molecule has 2 rings (SSSR count). The van der Waals surface area contributed by atoms with Crippen molar-refractivity contribution in [3.05, 3.63) is 23.3 Å². The summed E-state index contributed by atoms with van der Waals surface area (Å²) >= 11 is 0. The number of hydrogen-bond acceptors (Lipinski definition) is 3. The molecule has 110 valence electrons. The van der Waals surface area contributed by atoms with E-state index >= 15 is 0 Å². The first-order chi connectivity index (χ1) is 9.31. The molecule has 1 aromatic carbocycles. The lowest BCUT2D eigenvalue weighted by Gasteiger charge is -2.24. The van der Waals surface area contributed by atoms with E-state index in [2.05, 4.69) is 0 Å². The summed E-state index contributed by atoms with van der Waals surface area (Å²) < 4.78 is 36.9. The van der Waals surface area contributed by atoms with Gasteiger partial charge in [0.25, 0.3) is 6.43 Å². The number of fused-ring (bicyclic) bond motifs is 1. The van der Waals surface area contributed by atoms with Gasteiger partial charge in [0.15, 0.2) is 11.5 Å². The number of carbonyl (C=O) groups is 1. The second kappa shape index (κ2) is 5.26. The number of halogens is 2. The quantitative estimate of drug-likeness (QED) is 0.924. The molecule has 1 aromatic rings. The Hall–Kier alpha value is -1.85. The zero-order valence-electron chi connectivity index (χ0n) is 11.3. The molecule has 0 aromatic heterocycles. The van der Waals surface area contributed by atoms with E-state index in [1.54, 1.807) is 0 Å². The predicted octanol–water partition coefficient (Wildman–Crippen LogP) is 3.05. The molecule has 0 fully saturated rings. The number of carboxylic acids is 1. The number of benzene rings is 1. The molecular formula is C14H16F2O4. The summed E-state index contributed by atoms with van der Waals surface area (Å²) in [4.78, 5) is 11.2. The van der Waals surface area contributed by atoms with E-state index < -0.39 is 17.8 Å². The number of rotatable bonds is 4. The second-order valence-electron chi connectivity index (χ2n) is 5.36. The Labute approximate surface area is 115 Å². The Balaban J connectivity index is 2.42. The van der Waals surface area contributed by atoms with Crippen molar-refractivity contribution in [2.24, 2.45) is 5.41 Å². The minimum absolute atomic E-state index is 0.00134. The van der Waals surface area contributed by atoms with Crippen LogP contribution in [0.3, 0.4) is 0 Å². The number of carboxylic acid groups (broad SMARTS) is 1. The first-order valence-corrected chi connectivity index (χ1v) is 6.25. The highest BCUT2D eigenvalue weighted by Crippen LogP contribution is 2.39. The van der Waals surface area contributed by atoms with Gasteiger partial charge in [-0.3, -0.25) is 4.79 Å². The van der Waals surface area contributed by atoms with Crippen LogP contribution in [0.1, 0.15) is 31.4 Å². The van der Waals surface area contributed by atoms with Crippen molar-refractivity contribution in [3.8, 4) is 11.5 Å². The van der Waals surface area contributed by atoms with Crippen molar-refractivity contribution in [3.63, 3.8) is 0 Å². The number of hydrogen-bond donors (Lipinski definition) is 1. The minimum Gasteiger partial charge on any atom is -0.486 e. The lowest BCUT2D eigenvalue weighted by Crippen LogP contribution is -2.27. The largest absolute Gasteiger partial charge is 0.486 e. The Bertz CT molecular complexity index is 526. The van der Waals surface area contributed by atoms with Gasteiger partial charge in [-0.25, -0.2) is 8.78 Å². The molecule has 1 N–H and O–H groups in total. The molecule has 6 heteroatoms. The molecule has 1 aliphatic rings. The smallest absolute Gasteiger partial charge is 0.309 e. The Morgan fingerprint density at radius 3 is 2.35 bits per heavy atom. The Morgan fingerprint density at radius 2 is 1.85 bits per heavy atom. The van der Waals surface area contributed by atoms with Crippen LogP contribution in [0.15, 0.2) is 12.1 Å². The molecule has 0 spiro atoms. The van der Waals surface area contributed by atoms with Crippen molar-refractivity contribution in [1.29, 1.82) is 0 Å². The lowest BCUT2D eigenvalue weighted by molar-refractivity contribution is -0.146. The molecule has 0 saturated heterocycles. The predicted molar refractivity (Wildman–Crippen MR) is 67.5 cm³/mol. The fraction of sp³-hybridized carbons (Fsp3) is 0.500. The molecule has 0 bridgehead atoms. The van der Waals surface area contributed by atoms with Crippen LogP contribution in [-0.4, -0.2) is 24.3 Å². The summed E-state index contributed by atoms with van der Waals surface area (Å²) in [6, 6.07) is 2.70. The third kappa shape index (κ3) is 2.84. The zero-order chi connectivity index (χ0) is 14.9. The molecule has 0 aliphatic carbocycles. The van der Waals surface area contributed by atoms with E-state index in [4.69, 9.17) is 14.6 Å². The highest BCUT2D eigenvalue weighted by Gasteiger charge is 2.31. The second-order valence-corrected chi connectivity index (χ2v) is 5.36. The van der Waals surface area contributed by atoms with Crippen LogP contribution in [0.5, 0.6) is 11.5 Å². The summed E-state index contributed by atoms with van der Waals surface area (Å²) in [6.07, 6.45) is -2.69. The monoisotopic (exact) mass is 286 g/mol. The van der Waals surface area contributed by atoms with Crippen LogP contribution >= 0.6 is 0 Å². The van der Waals surface area contributed by atoms with Gasteiger partial charge in [0, 0.05) is 5.56 Å². The Morgan fingerprint density at radius 1 is 1.30 bits per heavy atom. The normalized spacial score (nSPS) is 14.4. The Kier molecular flexibility index (Phi) is 3.83. The molecular weight excluding hydrogens is 270 g/mol. The third-order valence-electron chi connectivity index (χ3n) is 3.25. The molecule has 4 nitrogen and oxygen atoms in total. The first-order valence-electron chi connectivity index (χ1n) is 6.25. The topological polar surface area (TPSA) is 55.8 Å². The molecule has 0 saturated carbocycles. The summed E-state index contributed by atoms with van der Waals surface area (Å²) in [6.45, 7) is 3.67. The van der Waals surface area contributed by atoms with E-state index in [0.717, 1.165) is 0 Å². The maximum absolute atomic E-state index is 13.1. The lowest BCUT2D eigenvalue weighted by atomic mass is 9.84. The molecule has 1 heterocycles. The van der Waals surface area contributed by atoms with Crippen molar-refractivity contribution < 1.29 is 28.2 Å². The van der Waals surface area contributed by atoms with Gasteiger partial charge in [-0.05, 0) is 38.0 Å². The highest BCUT2D eigenvalue weighted by molar-refractivity contribution is 5.74. The highest BCUT2D eigenvalue weighted by atomic mass is 19.3. The van der Waals surface area contributed by atoms with E-state index in [-0.39, 0.29) is 23.3 Å². The van der Waals surface area contributed by atoms with Crippen molar-refractivity contribution in [2.75, 3.05) is 13.2 Å². The van der Waals surface area contributed by atoms with Crippen LogP contribution in [0.4, 0.5) is 8.78 Å². The fourth-order valence-corrected chi connectivity index (χ4v) is 2.05. The number of ether oxygens (including phenoxy) is 2. The van der Waals surface area contributed by atoms with Crippen molar-refractivity contribution in [2.45, 2.75) is 26.7 Å². The third-order valence-corrected chi connectivity index (χ3v) is 3.25. The van der Waals surface area contributed by atoms with Gasteiger partial charge >= 0.3 is 5.97 Å². The van der Waals surface area contributed by atoms with Gasteiger partial charge < -0.3 is 14.6 Å². The minimum atomic E-state index is -2.69. The summed E-state index contributed by atoms with van der Waals surface area (Å²) in [7, 11) is 0. The zero-order valence-corrected chi connectivity index (χ0v) is 11.3. The van der Waals surface area contributed by atoms with Crippen molar-refractivity contribution >= 4 is 5.97 Å². The van der Waals surface area contributed by atoms with Gasteiger partial charge in [-0.2, -0.15) is 0 Å². The van der Waals surface area contributed by atoms with Crippen molar-refractivity contribution in [1.82, 2.24) is 0 Å². The van der Waals surface area contributed by atoms with Crippen LogP contribution in [0, 0.1) is 5.41 Å². The molecule has 20 heavy (non-hydrogen) atoms. The average Bonchev–Trinajstić information content (AvgIpc) is 2.37. The SMILES string of the molecule is CC(C)(Cc1cc2c(cc1C(F)F)OCCO2)C(=O)O. The van der Waals surface area contributed by atoms with Crippen LogP contribution in [0.25, 0.3) is 0 Å².